The molecule has 0 aromatic carbocycles. The number of anilines is 1. The van der Waals surface area contributed by atoms with Crippen molar-refractivity contribution in [2.75, 3.05) is 5.32 Å². The van der Waals surface area contributed by atoms with Crippen LogP contribution in [0, 0.1) is 0 Å². The lowest BCUT2D eigenvalue weighted by molar-refractivity contribution is -0.115. The van der Waals surface area contributed by atoms with Crippen molar-refractivity contribution >= 4 is 28.0 Å². The summed E-state index contributed by atoms with van der Waals surface area (Å²) in [5.41, 5.74) is 0.721. The Morgan fingerprint density at radius 2 is 2.26 bits per heavy atom. The molecule has 0 radical (unpaired) electrons. The summed E-state index contributed by atoms with van der Waals surface area (Å²) in [6.45, 7) is 0. The summed E-state index contributed by atoms with van der Waals surface area (Å²) >= 11 is 1.53. The van der Waals surface area contributed by atoms with Gasteiger partial charge < -0.3 is 5.32 Å². The van der Waals surface area contributed by atoms with Crippen LogP contribution in [-0.4, -0.2) is 34.8 Å². The van der Waals surface area contributed by atoms with Gasteiger partial charge >= 0.3 is 0 Å². The van der Waals surface area contributed by atoms with Gasteiger partial charge in [0, 0.05) is 36.2 Å². The minimum absolute atomic E-state index is 0.175. The van der Waals surface area contributed by atoms with Gasteiger partial charge in [0.25, 0.3) is 0 Å². The molecule has 0 aliphatic heterocycles. The fraction of sp³-hybridized carbons (Fsp3) is 0.0714. The van der Waals surface area contributed by atoms with Crippen molar-refractivity contribution in [1.82, 2.24) is 28.9 Å². The number of aromatic nitrogens is 6. The molecule has 0 aliphatic rings. The Kier molecular flexibility index (Phi) is 3.31. The molecular weight excluding hydrogens is 314 g/mol. The van der Waals surface area contributed by atoms with E-state index in [2.05, 4.69) is 25.3 Å². The molecule has 0 aliphatic carbocycles. The van der Waals surface area contributed by atoms with Gasteiger partial charge in [0.05, 0.1) is 12.1 Å². The van der Waals surface area contributed by atoms with Gasteiger partial charge in [0.1, 0.15) is 24.3 Å². The molecule has 1 N–H and O–H groups in total. The molecule has 0 fully saturated rings. The van der Waals surface area contributed by atoms with Crippen LogP contribution in [0.15, 0.2) is 48.9 Å². The fourth-order valence-corrected chi connectivity index (χ4v) is 2.88. The van der Waals surface area contributed by atoms with E-state index in [4.69, 9.17) is 0 Å². The summed E-state index contributed by atoms with van der Waals surface area (Å²) in [6.07, 6.45) is 10.4. The van der Waals surface area contributed by atoms with Crippen molar-refractivity contribution < 1.29 is 4.79 Å². The Morgan fingerprint density at radius 1 is 1.30 bits per heavy atom. The molecule has 0 atom stereocenters. The third-order valence-electron chi connectivity index (χ3n) is 3.17. The van der Waals surface area contributed by atoms with E-state index in [0.29, 0.717) is 11.6 Å². The molecule has 4 aromatic rings. The molecule has 0 saturated carbocycles. The first-order valence-electron chi connectivity index (χ1n) is 6.79. The molecule has 0 unspecified atom stereocenters. The molecular formula is C14H11N7OS. The number of nitrogens with one attached hydrogen (secondary N) is 1. The zero-order chi connectivity index (χ0) is 15.6. The largest absolute Gasteiger partial charge is 0.310 e. The molecule has 1 amide bonds. The lowest BCUT2D eigenvalue weighted by Crippen LogP contribution is -2.16. The van der Waals surface area contributed by atoms with E-state index >= 15 is 0 Å². The molecule has 4 aromatic heterocycles. The van der Waals surface area contributed by atoms with Crippen LogP contribution < -0.4 is 5.32 Å². The first-order valence-corrected chi connectivity index (χ1v) is 7.67. The minimum atomic E-state index is -0.175. The number of carbonyl (C=O) groups is 1. The van der Waals surface area contributed by atoms with E-state index in [0.717, 1.165) is 10.7 Å². The van der Waals surface area contributed by atoms with E-state index in [1.807, 2.05) is 22.2 Å². The average Bonchev–Trinajstić information content (AvgIpc) is 3.24. The van der Waals surface area contributed by atoms with Crippen LogP contribution in [0.2, 0.25) is 0 Å². The van der Waals surface area contributed by atoms with Gasteiger partial charge in [-0.3, -0.25) is 13.8 Å². The van der Waals surface area contributed by atoms with Crippen LogP contribution >= 0.6 is 11.3 Å². The van der Waals surface area contributed by atoms with Crippen LogP contribution in [0.4, 0.5) is 5.82 Å². The van der Waals surface area contributed by atoms with Crippen LogP contribution in [0.1, 0.15) is 5.69 Å². The fourth-order valence-electron chi connectivity index (χ4n) is 2.16. The molecule has 0 bridgehead atoms. The van der Waals surface area contributed by atoms with Crippen molar-refractivity contribution in [2.24, 2.45) is 0 Å². The minimum Gasteiger partial charge on any atom is -0.310 e. The number of amides is 1. The van der Waals surface area contributed by atoms with Gasteiger partial charge in [-0.1, -0.05) is 0 Å². The highest BCUT2D eigenvalue weighted by Gasteiger charge is 2.10. The van der Waals surface area contributed by atoms with Gasteiger partial charge in [0.15, 0.2) is 4.96 Å². The number of imidazole rings is 2. The zero-order valence-electron chi connectivity index (χ0n) is 11.8. The predicted molar refractivity (Wildman–Crippen MR) is 84.6 cm³/mol. The molecule has 23 heavy (non-hydrogen) atoms. The summed E-state index contributed by atoms with van der Waals surface area (Å²) in [7, 11) is 0. The molecule has 0 spiro atoms. The zero-order valence-corrected chi connectivity index (χ0v) is 12.6. The number of fused-ring (bicyclic) bond motifs is 1. The number of hydrogen-bond acceptors (Lipinski definition) is 6. The number of hydrogen-bond donors (Lipinski definition) is 1. The highest BCUT2D eigenvalue weighted by molar-refractivity contribution is 7.15. The first-order chi connectivity index (χ1) is 11.3. The van der Waals surface area contributed by atoms with Crippen LogP contribution in [0.3, 0.4) is 0 Å². The van der Waals surface area contributed by atoms with E-state index in [-0.39, 0.29) is 12.3 Å². The second kappa shape index (κ2) is 5.61. The van der Waals surface area contributed by atoms with Gasteiger partial charge in [-0.2, -0.15) is 0 Å². The van der Waals surface area contributed by atoms with Crippen LogP contribution in [-0.2, 0) is 11.2 Å². The maximum atomic E-state index is 12.1. The standard InChI is InChI=1S/C14H11N7OS/c22-13(5-10-7-20-3-4-23-14(20)18-10)19-11-6-12(17-8-16-11)21-2-1-15-9-21/h1-4,6-9H,5H2,(H,16,17,19,22). The topological polar surface area (TPSA) is 90.0 Å². The van der Waals surface area contributed by atoms with E-state index in [9.17, 15) is 4.79 Å². The Labute approximate surface area is 134 Å². The van der Waals surface area contributed by atoms with Crippen LogP contribution in [0.25, 0.3) is 10.8 Å². The molecule has 8 nitrogen and oxygen atoms in total. The van der Waals surface area contributed by atoms with Gasteiger partial charge in [-0.15, -0.1) is 11.3 Å². The quantitative estimate of drug-likeness (QED) is 0.615. The Morgan fingerprint density at radius 3 is 3.09 bits per heavy atom. The smallest absolute Gasteiger partial charge is 0.231 e. The number of nitrogens with zero attached hydrogens (tertiary/aromatic N) is 6. The summed E-state index contributed by atoms with van der Waals surface area (Å²) in [6, 6.07) is 1.69. The third kappa shape index (κ3) is 2.81. The van der Waals surface area contributed by atoms with Gasteiger partial charge in [-0.05, 0) is 0 Å². The van der Waals surface area contributed by atoms with E-state index in [1.54, 1.807) is 29.4 Å². The van der Waals surface area contributed by atoms with E-state index < -0.39 is 0 Å². The number of rotatable bonds is 4. The highest BCUT2D eigenvalue weighted by atomic mass is 32.1. The van der Waals surface area contributed by atoms with E-state index in [1.165, 1.54) is 17.7 Å². The van der Waals surface area contributed by atoms with Crippen molar-refractivity contribution in [3.05, 3.63) is 54.6 Å². The Bertz CT molecular complexity index is 928. The second-order valence-corrected chi connectivity index (χ2v) is 5.65. The molecule has 9 heteroatoms. The van der Waals surface area contributed by atoms with Crippen LogP contribution in [0.5, 0.6) is 0 Å². The first kappa shape index (κ1) is 13.6. The second-order valence-electron chi connectivity index (χ2n) is 4.78. The van der Waals surface area contributed by atoms with Crippen molar-refractivity contribution in [1.29, 1.82) is 0 Å². The number of carbonyl (C=O) groups excluding carboxylic acids is 1. The van der Waals surface area contributed by atoms with Crippen molar-refractivity contribution in [3.63, 3.8) is 0 Å². The third-order valence-corrected chi connectivity index (χ3v) is 3.94. The van der Waals surface area contributed by atoms with Gasteiger partial charge in [-0.25, -0.2) is 19.9 Å². The molecule has 4 heterocycles. The lowest BCUT2D eigenvalue weighted by atomic mass is 10.3. The monoisotopic (exact) mass is 325 g/mol. The number of thiazole rings is 1. The van der Waals surface area contributed by atoms with Gasteiger partial charge in [0.2, 0.25) is 5.91 Å². The normalized spacial score (nSPS) is 11.0. The lowest BCUT2D eigenvalue weighted by Gasteiger charge is -2.05. The Balaban J connectivity index is 1.48. The summed E-state index contributed by atoms with van der Waals surface area (Å²) in [5, 5.41) is 4.71. The van der Waals surface area contributed by atoms with Crippen molar-refractivity contribution in [3.8, 4) is 5.82 Å². The summed E-state index contributed by atoms with van der Waals surface area (Å²) < 4.78 is 3.63. The molecule has 4 rings (SSSR count). The predicted octanol–water partition coefficient (Wildman–Crippen LogP) is 1.55. The van der Waals surface area contributed by atoms with Crippen molar-refractivity contribution in [2.45, 2.75) is 6.42 Å². The summed E-state index contributed by atoms with van der Waals surface area (Å²) in [5.74, 6) is 0.899. The SMILES string of the molecule is O=C(Cc1cn2ccsc2n1)Nc1cc(-n2ccnc2)ncn1. The maximum Gasteiger partial charge on any atom is 0.231 e. The molecule has 0 saturated heterocycles. The highest BCUT2D eigenvalue weighted by Crippen LogP contribution is 2.13. The maximum absolute atomic E-state index is 12.1. The average molecular weight is 325 g/mol. The summed E-state index contributed by atoms with van der Waals surface area (Å²) in [4.78, 5) is 29.6. The Hall–Kier alpha value is -3.07. The molecule has 114 valence electrons.